The highest BCUT2D eigenvalue weighted by atomic mass is 79.9. The first kappa shape index (κ1) is 13.5. The zero-order valence-corrected chi connectivity index (χ0v) is 11.5. The van der Waals surface area contributed by atoms with Gasteiger partial charge >= 0.3 is 0 Å². The molecule has 90 valence electrons. The van der Waals surface area contributed by atoms with E-state index >= 15 is 0 Å². The fourth-order valence-corrected chi connectivity index (χ4v) is 2.11. The molecule has 0 amide bonds. The van der Waals surface area contributed by atoms with E-state index in [9.17, 15) is 0 Å². The van der Waals surface area contributed by atoms with E-state index in [2.05, 4.69) is 29.8 Å². The van der Waals surface area contributed by atoms with Crippen molar-refractivity contribution in [2.75, 3.05) is 6.61 Å². The topological polar surface area (TPSA) is 29.5 Å². The molecule has 0 spiro atoms. The average molecular weight is 287 g/mol. The predicted octanol–water partition coefficient (Wildman–Crippen LogP) is 3.76. The van der Waals surface area contributed by atoms with E-state index in [1.807, 2.05) is 18.2 Å². The van der Waals surface area contributed by atoms with Crippen LogP contribution in [0.3, 0.4) is 0 Å². The fraction of sp³-hybridized carbons (Fsp3) is 0.538. The van der Waals surface area contributed by atoms with Gasteiger partial charge in [-0.15, -0.1) is 0 Å². The molecule has 0 fully saturated rings. The molecule has 1 unspecified atom stereocenters. The van der Waals surface area contributed by atoms with Gasteiger partial charge in [0.1, 0.15) is 5.75 Å². The van der Waals surface area contributed by atoms with E-state index in [-0.39, 0.29) is 6.61 Å². The molecule has 1 aromatic carbocycles. The molecule has 0 radical (unpaired) electrons. The number of aliphatic hydroxyl groups excluding tert-OH is 1. The Labute approximate surface area is 106 Å². The third kappa shape index (κ3) is 4.14. The second-order valence-corrected chi connectivity index (χ2v) is 4.98. The molecule has 0 saturated carbocycles. The lowest BCUT2D eigenvalue weighted by molar-refractivity contribution is 0.249. The van der Waals surface area contributed by atoms with Gasteiger partial charge in [-0.2, -0.15) is 0 Å². The van der Waals surface area contributed by atoms with Crippen LogP contribution in [0.1, 0.15) is 32.3 Å². The maximum atomic E-state index is 8.98. The van der Waals surface area contributed by atoms with Crippen LogP contribution in [0.5, 0.6) is 5.75 Å². The molecule has 16 heavy (non-hydrogen) atoms. The molecule has 0 bridgehead atoms. The molecule has 0 aromatic heterocycles. The predicted molar refractivity (Wildman–Crippen MR) is 69.6 cm³/mol. The van der Waals surface area contributed by atoms with E-state index in [1.165, 1.54) is 12.8 Å². The van der Waals surface area contributed by atoms with Gasteiger partial charge in [-0.05, 0) is 46.0 Å². The van der Waals surface area contributed by atoms with Crippen LogP contribution in [-0.4, -0.2) is 11.7 Å². The lowest BCUT2D eigenvalue weighted by atomic mass is 10.1. The Bertz CT molecular complexity index is 326. The molecule has 3 heteroatoms. The van der Waals surface area contributed by atoms with E-state index in [0.29, 0.717) is 5.92 Å². The quantitative estimate of drug-likeness (QED) is 0.863. The van der Waals surface area contributed by atoms with Crippen LogP contribution in [0.2, 0.25) is 0 Å². The van der Waals surface area contributed by atoms with Gasteiger partial charge in [0.15, 0.2) is 0 Å². The third-order valence-electron chi connectivity index (χ3n) is 2.48. The zero-order valence-electron chi connectivity index (χ0n) is 9.87. The zero-order chi connectivity index (χ0) is 12.0. The summed E-state index contributed by atoms with van der Waals surface area (Å²) in [6.07, 6.45) is 2.38. The Morgan fingerprint density at radius 1 is 1.44 bits per heavy atom. The normalized spacial score (nSPS) is 12.5. The van der Waals surface area contributed by atoms with Gasteiger partial charge in [-0.1, -0.05) is 26.3 Å². The van der Waals surface area contributed by atoms with Crippen molar-refractivity contribution in [3.8, 4) is 5.75 Å². The standard InChI is InChI=1S/C13H19BrO2/c1-3-4-10(2)9-16-13-6-5-11(8-15)7-12(13)14/h5-7,10,15H,3-4,8-9H2,1-2H3. The third-order valence-corrected chi connectivity index (χ3v) is 3.10. The monoisotopic (exact) mass is 286 g/mol. The fourth-order valence-electron chi connectivity index (χ4n) is 1.57. The van der Waals surface area contributed by atoms with Crippen molar-refractivity contribution >= 4 is 15.9 Å². The van der Waals surface area contributed by atoms with Crippen molar-refractivity contribution in [1.29, 1.82) is 0 Å². The first-order valence-corrected chi connectivity index (χ1v) is 6.48. The smallest absolute Gasteiger partial charge is 0.133 e. The second-order valence-electron chi connectivity index (χ2n) is 4.13. The lowest BCUT2D eigenvalue weighted by Crippen LogP contribution is -2.08. The summed E-state index contributed by atoms with van der Waals surface area (Å²) in [6, 6.07) is 5.67. The number of hydrogen-bond donors (Lipinski definition) is 1. The molecule has 1 aromatic rings. The average Bonchev–Trinajstić information content (AvgIpc) is 2.27. The Morgan fingerprint density at radius 2 is 2.19 bits per heavy atom. The number of halogens is 1. The molecule has 0 heterocycles. The Hall–Kier alpha value is -0.540. The summed E-state index contributed by atoms with van der Waals surface area (Å²) in [6.45, 7) is 5.18. The minimum Gasteiger partial charge on any atom is -0.492 e. The molecule has 1 atom stereocenters. The van der Waals surface area contributed by atoms with Crippen molar-refractivity contribution in [3.05, 3.63) is 28.2 Å². The summed E-state index contributed by atoms with van der Waals surface area (Å²) in [5, 5.41) is 8.98. The van der Waals surface area contributed by atoms with Crippen molar-refractivity contribution < 1.29 is 9.84 Å². The lowest BCUT2D eigenvalue weighted by Gasteiger charge is -2.13. The SMILES string of the molecule is CCCC(C)COc1ccc(CO)cc1Br. The highest BCUT2D eigenvalue weighted by Gasteiger charge is 2.05. The van der Waals surface area contributed by atoms with Gasteiger partial charge < -0.3 is 9.84 Å². The van der Waals surface area contributed by atoms with Crippen molar-refractivity contribution in [3.63, 3.8) is 0 Å². The second kappa shape index (κ2) is 6.92. The van der Waals surface area contributed by atoms with E-state index < -0.39 is 0 Å². The first-order chi connectivity index (χ1) is 7.67. The summed E-state index contributed by atoms with van der Waals surface area (Å²) in [4.78, 5) is 0. The number of ether oxygens (including phenoxy) is 1. The number of hydrogen-bond acceptors (Lipinski definition) is 2. The molecular formula is C13H19BrO2. The van der Waals surface area contributed by atoms with E-state index in [4.69, 9.17) is 9.84 Å². The molecule has 2 nitrogen and oxygen atoms in total. The molecule has 1 N–H and O–H groups in total. The van der Waals surface area contributed by atoms with Crippen LogP contribution in [0, 0.1) is 5.92 Å². The van der Waals surface area contributed by atoms with Crippen LogP contribution >= 0.6 is 15.9 Å². The van der Waals surface area contributed by atoms with Gasteiger partial charge in [-0.25, -0.2) is 0 Å². The highest BCUT2D eigenvalue weighted by Crippen LogP contribution is 2.26. The summed E-state index contributed by atoms with van der Waals surface area (Å²) in [5.74, 6) is 1.43. The molecule has 1 rings (SSSR count). The van der Waals surface area contributed by atoms with Crippen LogP contribution in [-0.2, 0) is 6.61 Å². The summed E-state index contributed by atoms with van der Waals surface area (Å²) in [5.41, 5.74) is 0.890. The molecule has 0 saturated heterocycles. The van der Waals surface area contributed by atoms with Crippen LogP contribution in [0.25, 0.3) is 0 Å². The van der Waals surface area contributed by atoms with Gasteiger partial charge in [0, 0.05) is 0 Å². The number of benzene rings is 1. The largest absolute Gasteiger partial charge is 0.492 e. The Kier molecular flexibility index (Phi) is 5.85. The minimum absolute atomic E-state index is 0.0606. The van der Waals surface area contributed by atoms with Gasteiger partial charge in [-0.3, -0.25) is 0 Å². The van der Waals surface area contributed by atoms with Crippen molar-refractivity contribution in [2.24, 2.45) is 5.92 Å². The number of aliphatic hydroxyl groups is 1. The van der Waals surface area contributed by atoms with E-state index in [1.54, 1.807) is 0 Å². The van der Waals surface area contributed by atoms with Gasteiger partial charge in [0.25, 0.3) is 0 Å². The van der Waals surface area contributed by atoms with Crippen molar-refractivity contribution in [1.82, 2.24) is 0 Å². The molecule has 0 aliphatic carbocycles. The summed E-state index contributed by atoms with van der Waals surface area (Å²) >= 11 is 3.44. The first-order valence-electron chi connectivity index (χ1n) is 5.69. The Balaban J connectivity index is 2.54. The van der Waals surface area contributed by atoms with Gasteiger partial charge in [0.2, 0.25) is 0 Å². The summed E-state index contributed by atoms with van der Waals surface area (Å²) in [7, 11) is 0. The maximum absolute atomic E-state index is 8.98. The van der Waals surface area contributed by atoms with E-state index in [0.717, 1.165) is 22.4 Å². The van der Waals surface area contributed by atoms with Crippen LogP contribution in [0.15, 0.2) is 22.7 Å². The molecule has 0 aliphatic rings. The maximum Gasteiger partial charge on any atom is 0.133 e. The summed E-state index contributed by atoms with van der Waals surface area (Å²) < 4.78 is 6.63. The number of rotatable bonds is 6. The Morgan fingerprint density at radius 3 is 2.75 bits per heavy atom. The molecule has 0 aliphatic heterocycles. The minimum atomic E-state index is 0.0606. The van der Waals surface area contributed by atoms with Crippen molar-refractivity contribution in [2.45, 2.75) is 33.3 Å². The molecular weight excluding hydrogens is 268 g/mol. The highest BCUT2D eigenvalue weighted by molar-refractivity contribution is 9.10. The van der Waals surface area contributed by atoms with Crippen LogP contribution < -0.4 is 4.74 Å². The van der Waals surface area contributed by atoms with Crippen LogP contribution in [0.4, 0.5) is 0 Å². The van der Waals surface area contributed by atoms with Gasteiger partial charge in [0.05, 0.1) is 17.7 Å².